The average molecular weight is 620 g/mol. The van der Waals surface area contributed by atoms with Crippen molar-refractivity contribution >= 4 is 34.3 Å². The summed E-state index contributed by atoms with van der Waals surface area (Å²) in [5, 5.41) is 10.7. The first-order chi connectivity index (χ1) is 21.6. The summed E-state index contributed by atoms with van der Waals surface area (Å²) in [5.41, 5.74) is 2.04. The summed E-state index contributed by atoms with van der Waals surface area (Å²) in [5.74, 6) is -1.13. The Balaban J connectivity index is 1.13. The number of methoxy groups -OCH3 is 1. The third-order valence-electron chi connectivity index (χ3n) is 8.54. The number of alkyl halides is 3. The van der Waals surface area contributed by atoms with E-state index in [0.29, 0.717) is 36.3 Å². The topological polar surface area (TPSA) is 106 Å². The molecular formula is C33H32F3N5O4. The van der Waals surface area contributed by atoms with Gasteiger partial charge in [0.15, 0.2) is 0 Å². The molecule has 6 rings (SSSR count). The quantitative estimate of drug-likeness (QED) is 0.258. The minimum absolute atomic E-state index is 0.117. The third kappa shape index (κ3) is 6.56. The molecule has 0 bridgehead atoms. The van der Waals surface area contributed by atoms with Gasteiger partial charge in [0, 0.05) is 49.3 Å². The fourth-order valence-corrected chi connectivity index (χ4v) is 6.15. The molecule has 1 atom stereocenters. The Morgan fingerprint density at radius 3 is 2.56 bits per heavy atom. The fourth-order valence-electron chi connectivity index (χ4n) is 6.15. The maximum Gasteiger partial charge on any atom is 0.416 e. The van der Waals surface area contributed by atoms with Crippen LogP contribution >= 0.6 is 0 Å². The number of benzene rings is 3. The molecule has 2 fully saturated rings. The van der Waals surface area contributed by atoms with Gasteiger partial charge >= 0.3 is 6.18 Å². The van der Waals surface area contributed by atoms with E-state index >= 15 is 0 Å². The lowest BCUT2D eigenvalue weighted by Crippen LogP contribution is -2.40. The summed E-state index contributed by atoms with van der Waals surface area (Å²) >= 11 is 0. The number of rotatable bonds is 7. The van der Waals surface area contributed by atoms with Crippen molar-refractivity contribution in [3.8, 4) is 5.75 Å². The SMILES string of the molecule is COc1cc2nn(C3CCN(Cc4ccccc4C4CCC(=O)NC4=O)CC3)cc2cc1NC(=O)c1cccc(C(F)(F)F)c1. The Bertz CT molecular complexity index is 1760. The number of imide groups is 1. The van der Waals surface area contributed by atoms with Crippen LogP contribution in [0.5, 0.6) is 5.75 Å². The zero-order valence-electron chi connectivity index (χ0n) is 24.6. The summed E-state index contributed by atoms with van der Waals surface area (Å²) in [6.07, 6.45) is -0.0944. The van der Waals surface area contributed by atoms with Crippen molar-refractivity contribution in [1.82, 2.24) is 20.0 Å². The molecule has 2 saturated heterocycles. The number of fused-ring (bicyclic) bond motifs is 1. The number of hydrogen-bond donors (Lipinski definition) is 2. The summed E-state index contributed by atoms with van der Waals surface area (Å²) in [6, 6.07) is 15.7. The van der Waals surface area contributed by atoms with Gasteiger partial charge in [0.1, 0.15) is 5.75 Å². The number of nitrogens with zero attached hydrogens (tertiary/aromatic N) is 3. The molecule has 2 aliphatic rings. The summed E-state index contributed by atoms with van der Waals surface area (Å²) in [6.45, 7) is 2.35. The molecule has 4 aromatic rings. The highest BCUT2D eigenvalue weighted by Crippen LogP contribution is 2.34. The lowest BCUT2D eigenvalue weighted by Gasteiger charge is -2.33. The minimum atomic E-state index is -4.56. The van der Waals surface area contributed by atoms with Crippen LogP contribution in [0.4, 0.5) is 18.9 Å². The number of piperidine rings is 2. The molecule has 1 aromatic heterocycles. The number of halogens is 3. The Morgan fingerprint density at radius 2 is 1.82 bits per heavy atom. The zero-order chi connectivity index (χ0) is 31.7. The molecule has 3 amide bonds. The largest absolute Gasteiger partial charge is 0.494 e. The highest BCUT2D eigenvalue weighted by Gasteiger charge is 2.32. The Kier molecular flexibility index (Phi) is 8.32. The molecule has 3 heterocycles. The van der Waals surface area contributed by atoms with Crippen LogP contribution in [0.2, 0.25) is 0 Å². The number of hydrogen-bond acceptors (Lipinski definition) is 6. The van der Waals surface area contributed by atoms with Crippen LogP contribution in [0.15, 0.2) is 66.9 Å². The second-order valence-corrected chi connectivity index (χ2v) is 11.5. The van der Waals surface area contributed by atoms with Gasteiger partial charge in [0.05, 0.1) is 35.8 Å². The van der Waals surface area contributed by atoms with Gasteiger partial charge in [-0.2, -0.15) is 18.3 Å². The molecule has 9 nitrogen and oxygen atoms in total. The van der Waals surface area contributed by atoms with Gasteiger partial charge < -0.3 is 10.1 Å². The van der Waals surface area contributed by atoms with Crippen LogP contribution < -0.4 is 15.4 Å². The first-order valence-corrected chi connectivity index (χ1v) is 14.8. The highest BCUT2D eigenvalue weighted by atomic mass is 19.4. The lowest BCUT2D eigenvalue weighted by molar-refractivity contribution is -0.138. The number of carbonyl (C=O) groups is 3. The van der Waals surface area contributed by atoms with Gasteiger partial charge in [-0.25, -0.2) is 0 Å². The molecule has 0 radical (unpaired) electrons. The number of likely N-dealkylation sites (tertiary alicyclic amines) is 1. The molecular weight excluding hydrogens is 587 g/mol. The Hall–Kier alpha value is -4.71. The molecule has 45 heavy (non-hydrogen) atoms. The zero-order valence-corrected chi connectivity index (χ0v) is 24.6. The van der Waals surface area contributed by atoms with Crippen molar-refractivity contribution in [2.24, 2.45) is 0 Å². The van der Waals surface area contributed by atoms with E-state index in [4.69, 9.17) is 9.84 Å². The normalized spacial score (nSPS) is 18.2. The molecule has 0 saturated carbocycles. The van der Waals surface area contributed by atoms with Crippen molar-refractivity contribution in [3.05, 3.63) is 89.1 Å². The minimum Gasteiger partial charge on any atom is -0.494 e. The first-order valence-electron chi connectivity index (χ1n) is 14.8. The van der Waals surface area contributed by atoms with Crippen LogP contribution in [0, 0.1) is 0 Å². The third-order valence-corrected chi connectivity index (χ3v) is 8.54. The van der Waals surface area contributed by atoms with E-state index in [9.17, 15) is 27.6 Å². The van der Waals surface area contributed by atoms with Gasteiger partial charge in [0.25, 0.3) is 5.91 Å². The maximum absolute atomic E-state index is 13.2. The van der Waals surface area contributed by atoms with Gasteiger partial charge in [-0.3, -0.25) is 29.3 Å². The molecule has 2 aliphatic heterocycles. The van der Waals surface area contributed by atoms with E-state index in [0.717, 1.165) is 54.6 Å². The molecule has 3 aromatic carbocycles. The Labute approximate surface area is 257 Å². The van der Waals surface area contributed by atoms with E-state index in [1.54, 1.807) is 12.1 Å². The van der Waals surface area contributed by atoms with Crippen molar-refractivity contribution in [2.75, 3.05) is 25.5 Å². The summed E-state index contributed by atoms with van der Waals surface area (Å²) < 4.78 is 46.8. The summed E-state index contributed by atoms with van der Waals surface area (Å²) in [7, 11) is 1.45. The average Bonchev–Trinajstić information content (AvgIpc) is 3.44. The van der Waals surface area contributed by atoms with Crippen LogP contribution in [0.3, 0.4) is 0 Å². The second-order valence-electron chi connectivity index (χ2n) is 11.5. The number of amides is 3. The molecule has 12 heteroatoms. The van der Waals surface area contributed by atoms with Crippen molar-refractivity contribution in [1.29, 1.82) is 0 Å². The number of ether oxygens (including phenoxy) is 1. The molecule has 234 valence electrons. The van der Waals surface area contributed by atoms with E-state index in [1.165, 1.54) is 19.2 Å². The van der Waals surface area contributed by atoms with Crippen LogP contribution in [-0.4, -0.2) is 52.6 Å². The van der Waals surface area contributed by atoms with E-state index < -0.39 is 17.6 Å². The maximum atomic E-state index is 13.2. The van der Waals surface area contributed by atoms with Crippen molar-refractivity contribution < 1.29 is 32.3 Å². The van der Waals surface area contributed by atoms with Gasteiger partial charge in [-0.15, -0.1) is 0 Å². The Morgan fingerprint density at radius 1 is 1.04 bits per heavy atom. The lowest BCUT2D eigenvalue weighted by atomic mass is 9.87. The number of nitrogens with one attached hydrogen (secondary N) is 2. The van der Waals surface area contributed by atoms with Gasteiger partial charge in [-0.05, 0) is 54.7 Å². The number of aromatic nitrogens is 2. The van der Waals surface area contributed by atoms with Crippen LogP contribution in [0.1, 0.15) is 64.7 Å². The molecule has 0 spiro atoms. The van der Waals surface area contributed by atoms with E-state index in [2.05, 4.69) is 15.5 Å². The molecule has 0 aliphatic carbocycles. The smallest absolute Gasteiger partial charge is 0.416 e. The highest BCUT2D eigenvalue weighted by molar-refractivity contribution is 6.06. The van der Waals surface area contributed by atoms with E-state index in [-0.39, 0.29) is 29.3 Å². The first kappa shape index (κ1) is 30.3. The van der Waals surface area contributed by atoms with Gasteiger partial charge in [-0.1, -0.05) is 30.3 Å². The van der Waals surface area contributed by atoms with Crippen molar-refractivity contribution in [3.63, 3.8) is 0 Å². The molecule has 1 unspecified atom stereocenters. The number of anilines is 1. The second kappa shape index (κ2) is 12.4. The summed E-state index contributed by atoms with van der Waals surface area (Å²) in [4.78, 5) is 39.4. The fraction of sp³-hybridized carbons (Fsp3) is 0.333. The predicted octanol–water partition coefficient (Wildman–Crippen LogP) is 5.67. The van der Waals surface area contributed by atoms with Gasteiger partial charge in [0.2, 0.25) is 11.8 Å². The van der Waals surface area contributed by atoms with Crippen LogP contribution in [0.25, 0.3) is 10.9 Å². The number of carbonyl (C=O) groups excluding carboxylic acids is 3. The molecule has 2 N–H and O–H groups in total. The van der Waals surface area contributed by atoms with Crippen LogP contribution in [-0.2, 0) is 22.3 Å². The monoisotopic (exact) mass is 619 g/mol. The predicted molar refractivity (Wildman–Crippen MR) is 161 cm³/mol. The van der Waals surface area contributed by atoms with Crippen molar-refractivity contribution in [2.45, 2.75) is 50.4 Å². The standard InChI is InChI=1S/C33H32F3N5O4/c1-45-29-17-27-22(16-28(29)37-31(43)20-6-4-7-23(15-20)33(34,35)36)19-41(39-27)24-11-13-40(14-12-24)18-21-5-2-3-8-25(21)26-9-10-30(42)38-32(26)44/h2-8,15-17,19,24,26H,9-14,18H2,1H3,(H,37,43)(H,38,42,44). The van der Waals surface area contributed by atoms with E-state index in [1.807, 2.05) is 35.1 Å².